The van der Waals surface area contributed by atoms with Gasteiger partial charge in [-0.05, 0) is 49.1 Å². The molecule has 2 aromatic rings. The molecular weight excluding hydrogens is 262 g/mol. The summed E-state index contributed by atoms with van der Waals surface area (Å²) in [4.78, 5) is 12.0. The molecule has 0 bridgehead atoms. The predicted octanol–water partition coefficient (Wildman–Crippen LogP) is 3.88. The van der Waals surface area contributed by atoms with Crippen LogP contribution in [0.25, 0.3) is 0 Å². The van der Waals surface area contributed by atoms with Crippen LogP contribution in [-0.4, -0.2) is 12.5 Å². The van der Waals surface area contributed by atoms with E-state index in [0.29, 0.717) is 0 Å². The van der Waals surface area contributed by atoms with E-state index < -0.39 is 0 Å². The molecule has 110 valence electrons. The maximum Gasteiger partial charge on any atom is 0.262 e. The average molecular weight is 283 g/mol. The molecule has 0 spiro atoms. The summed E-state index contributed by atoms with van der Waals surface area (Å²) in [6, 6.07) is 13.8. The zero-order valence-electron chi connectivity index (χ0n) is 12.8. The van der Waals surface area contributed by atoms with Gasteiger partial charge in [-0.3, -0.25) is 4.79 Å². The van der Waals surface area contributed by atoms with Crippen molar-refractivity contribution >= 4 is 11.6 Å². The van der Waals surface area contributed by atoms with Crippen molar-refractivity contribution in [2.45, 2.75) is 27.2 Å². The van der Waals surface area contributed by atoms with E-state index >= 15 is 0 Å². The van der Waals surface area contributed by atoms with Crippen molar-refractivity contribution in [1.82, 2.24) is 0 Å². The van der Waals surface area contributed by atoms with Crippen LogP contribution in [0.5, 0.6) is 5.75 Å². The minimum absolute atomic E-state index is 0.0148. The number of hydrogen-bond acceptors (Lipinski definition) is 2. The van der Waals surface area contributed by atoms with Gasteiger partial charge in [-0.25, -0.2) is 0 Å². The molecule has 0 aliphatic rings. The predicted molar refractivity (Wildman–Crippen MR) is 85.9 cm³/mol. The molecule has 0 saturated carbocycles. The molecule has 21 heavy (non-hydrogen) atoms. The minimum atomic E-state index is -0.144. The molecule has 0 heterocycles. The maximum atomic E-state index is 12.0. The summed E-state index contributed by atoms with van der Waals surface area (Å²) in [5.41, 5.74) is 4.17. The Morgan fingerprint density at radius 1 is 1.10 bits per heavy atom. The van der Waals surface area contributed by atoms with Crippen molar-refractivity contribution in [2.75, 3.05) is 11.9 Å². The Balaban J connectivity index is 1.96. The van der Waals surface area contributed by atoms with Crippen LogP contribution in [0.3, 0.4) is 0 Å². The lowest BCUT2D eigenvalue weighted by Gasteiger charge is -2.12. The zero-order chi connectivity index (χ0) is 15.2. The lowest BCUT2D eigenvalue weighted by atomic mass is 10.1. The first-order chi connectivity index (χ1) is 10.1. The van der Waals surface area contributed by atoms with E-state index in [9.17, 15) is 4.79 Å². The molecule has 0 radical (unpaired) electrons. The highest BCUT2D eigenvalue weighted by molar-refractivity contribution is 5.93. The van der Waals surface area contributed by atoms with Crippen molar-refractivity contribution < 1.29 is 9.53 Å². The Kier molecular flexibility index (Phi) is 4.99. The number of hydrogen-bond donors (Lipinski definition) is 1. The molecule has 0 unspecified atom stereocenters. The molecule has 3 nitrogen and oxygen atoms in total. The van der Waals surface area contributed by atoms with Gasteiger partial charge in [-0.15, -0.1) is 0 Å². The van der Waals surface area contributed by atoms with Crippen LogP contribution in [0.1, 0.15) is 23.6 Å². The molecule has 0 atom stereocenters. The molecule has 1 N–H and O–H groups in total. The molecule has 2 rings (SSSR count). The van der Waals surface area contributed by atoms with Gasteiger partial charge in [0, 0.05) is 5.69 Å². The largest absolute Gasteiger partial charge is 0.484 e. The lowest BCUT2D eigenvalue weighted by Crippen LogP contribution is -2.21. The third kappa shape index (κ3) is 4.09. The van der Waals surface area contributed by atoms with Gasteiger partial charge in [0.2, 0.25) is 0 Å². The monoisotopic (exact) mass is 283 g/mol. The number of amides is 1. The van der Waals surface area contributed by atoms with Gasteiger partial charge in [-0.2, -0.15) is 0 Å². The average Bonchev–Trinajstić information content (AvgIpc) is 2.49. The van der Waals surface area contributed by atoms with Crippen molar-refractivity contribution in [1.29, 1.82) is 0 Å². The standard InChI is InChI=1S/C18H21NO2/c1-4-15-9-6-10-16(11-15)21-12-17(20)19-18-13(2)7-5-8-14(18)3/h5-11H,4,12H2,1-3H3,(H,19,20). The van der Waals surface area contributed by atoms with Crippen LogP contribution in [0, 0.1) is 13.8 Å². The van der Waals surface area contributed by atoms with Gasteiger partial charge < -0.3 is 10.1 Å². The number of benzene rings is 2. The zero-order valence-corrected chi connectivity index (χ0v) is 12.8. The fourth-order valence-electron chi connectivity index (χ4n) is 2.19. The highest BCUT2D eigenvalue weighted by Crippen LogP contribution is 2.19. The van der Waals surface area contributed by atoms with E-state index in [1.165, 1.54) is 5.56 Å². The molecular formula is C18H21NO2. The van der Waals surface area contributed by atoms with Crippen LogP contribution in [0.15, 0.2) is 42.5 Å². The highest BCUT2D eigenvalue weighted by Gasteiger charge is 2.08. The van der Waals surface area contributed by atoms with E-state index in [1.54, 1.807) is 0 Å². The van der Waals surface area contributed by atoms with Crippen LogP contribution in [0.4, 0.5) is 5.69 Å². The van der Waals surface area contributed by atoms with Crippen molar-refractivity contribution in [3.8, 4) is 5.75 Å². The topological polar surface area (TPSA) is 38.3 Å². The summed E-state index contributed by atoms with van der Waals surface area (Å²) in [5.74, 6) is 0.584. The molecule has 0 aliphatic heterocycles. The van der Waals surface area contributed by atoms with Crippen molar-refractivity contribution in [2.24, 2.45) is 0 Å². The van der Waals surface area contributed by atoms with Gasteiger partial charge in [0.1, 0.15) is 5.75 Å². The maximum absolute atomic E-state index is 12.0. The summed E-state index contributed by atoms with van der Waals surface area (Å²) >= 11 is 0. The fraction of sp³-hybridized carbons (Fsp3) is 0.278. The van der Waals surface area contributed by atoms with E-state index in [1.807, 2.05) is 56.3 Å². The first kappa shape index (κ1) is 15.1. The molecule has 2 aromatic carbocycles. The number of nitrogens with one attached hydrogen (secondary N) is 1. The Labute approximate surface area is 126 Å². The number of ether oxygens (including phenoxy) is 1. The number of carbonyl (C=O) groups is 1. The van der Waals surface area contributed by atoms with E-state index in [4.69, 9.17) is 4.74 Å². The molecule has 1 amide bonds. The first-order valence-corrected chi connectivity index (χ1v) is 7.18. The highest BCUT2D eigenvalue weighted by atomic mass is 16.5. The van der Waals surface area contributed by atoms with Gasteiger partial charge in [-0.1, -0.05) is 37.3 Å². The second-order valence-electron chi connectivity index (χ2n) is 5.10. The second-order valence-corrected chi connectivity index (χ2v) is 5.10. The van der Waals surface area contributed by atoms with Crippen molar-refractivity contribution in [3.05, 3.63) is 59.2 Å². The SMILES string of the molecule is CCc1cccc(OCC(=O)Nc2c(C)cccc2C)c1. The molecule has 0 aromatic heterocycles. The smallest absolute Gasteiger partial charge is 0.262 e. The number of aryl methyl sites for hydroxylation is 3. The van der Waals surface area contributed by atoms with E-state index in [-0.39, 0.29) is 12.5 Å². The Morgan fingerprint density at radius 2 is 1.76 bits per heavy atom. The Morgan fingerprint density at radius 3 is 2.43 bits per heavy atom. The van der Waals surface area contributed by atoms with Crippen LogP contribution < -0.4 is 10.1 Å². The third-order valence-electron chi connectivity index (χ3n) is 3.42. The number of anilines is 1. The van der Waals surface area contributed by atoms with E-state index in [2.05, 4.69) is 12.2 Å². The summed E-state index contributed by atoms with van der Waals surface area (Å²) in [7, 11) is 0. The van der Waals surface area contributed by atoms with Crippen molar-refractivity contribution in [3.63, 3.8) is 0 Å². The number of rotatable bonds is 5. The minimum Gasteiger partial charge on any atom is -0.484 e. The summed E-state index contributed by atoms with van der Waals surface area (Å²) in [6.45, 7) is 6.07. The second kappa shape index (κ2) is 6.93. The van der Waals surface area contributed by atoms with Gasteiger partial charge >= 0.3 is 0 Å². The molecule has 0 aliphatic carbocycles. The first-order valence-electron chi connectivity index (χ1n) is 7.18. The Hall–Kier alpha value is -2.29. The number of para-hydroxylation sites is 1. The fourth-order valence-corrected chi connectivity index (χ4v) is 2.19. The molecule has 0 saturated heterocycles. The third-order valence-corrected chi connectivity index (χ3v) is 3.42. The van der Waals surface area contributed by atoms with Crippen LogP contribution >= 0.6 is 0 Å². The van der Waals surface area contributed by atoms with Crippen LogP contribution in [-0.2, 0) is 11.2 Å². The van der Waals surface area contributed by atoms with Gasteiger partial charge in [0.25, 0.3) is 5.91 Å². The van der Waals surface area contributed by atoms with Gasteiger partial charge in [0.15, 0.2) is 6.61 Å². The van der Waals surface area contributed by atoms with Gasteiger partial charge in [0.05, 0.1) is 0 Å². The quantitative estimate of drug-likeness (QED) is 0.904. The molecule has 3 heteroatoms. The van der Waals surface area contributed by atoms with Crippen LogP contribution in [0.2, 0.25) is 0 Å². The summed E-state index contributed by atoms with van der Waals surface area (Å²) in [6.07, 6.45) is 0.950. The number of carbonyl (C=O) groups excluding carboxylic acids is 1. The molecule has 0 fully saturated rings. The lowest BCUT2D eigenvalue weighted by molar-refractivity contribution is -0.118. The summed E-state index contributed by atoms with van der Waals surface area (Å²) < 4.78 is 5.55. The normalized spacial score (nSPS) is 10.2. The van der Waals surface area contributed by atoms with E-state index in [0.717, 1.165) is 29.0 Å². The summed E-state index contributed by atoms with van der Waals surface area (Å²) in [5, 5.41) is 2.91. The Bertz CT molecular complexity index is 615.